The van der Waals surface area contributed by atoms with Crippen LogP contribution in [0.5, 0.6) is 0 Å². The number of anilines is 1. The third kappa shape index (κ3) is 1.95. The van der Waals surface area contributed by atoms with Crippen molar-refractivity contribution in [3.05, 3.63) is 11.1 Å². The van der Waals surface area contributed by atoms with Crippen molar-refractivity contribution >= 4 is 22.3 Å². The second-order valence-corrected chi connectivity index (χ2v) is 4.46. The molecule has 14 heavy (non-hydrogen) atoms. The van der Waals surface area contributed by atoms with Crippen molar-refractivity contribution in [1.29, 1.82) is 0 Å². The van der Waals surface area contributed by atoms with E-state index in [1.165, 1.54) is 19.3 Å². The number of thiazole rings is 1. The number of hydrogen-bond donors (Lipinski definition) is 0. The van der Waals surface area contributed by atoms with Crippen LogP contribution in [-0.4, -0.2) is 23.9 Å². The van der Waals surface area contributed by atoms with Crippen LogP contribution in [0.1, 0.15) is 36.7 Å². The van der Waals surface area contributed by atoms with Crippen LogP contribution < -0.4 is 4.90 Å². The van der Waals surface area contributed by atoms with Gasteiger partial charge in [-0.15, -0.1) is 11.3 Å². The molecule has 2 rings (SSSR count). The fourth-order valence-corrected chi connectivity index (χ4v) is 2.57. The molecule has 1 aromatic heterocycles. The minimum atomic E-state index is 0.0597. The Morgan fingerprint density at radius 2 is 2.14 bits per heavy atom. The summed E-state index contributed by atoms with van der Waals surface area (Å²) in [5.41, 5.74) is 0.607. The second-order valence-electron chi connectivity index (χ2n) is 3.62. The smallest absolute Gasteiger partial charge is 0.185 e. The highest BCUT2D eigenvalue weighted by molar-refractivity contribution is 7.13. The molecular formula is C10H14N2OS. The van der Waals surface area contributed by atoms with E-state index in [-0.39, 0.29) is 5.78 Å². The third-order valence-corrected chi connectivity index (χ3v) is 3.38. The number of rotatable bonds is 2. The molecule has 0 aliphatic carbocycles. The molecule has 3 nitrogen and oxygen atoms in total. The van der Waals surface area contributed by atoms with Crippen LogP contribution in [0.3, 0.4) is 0 Å². The quantitative estimate of drug-likeness (QED) is 0.702. The van der Waals surface area contributed by atoms with Gasteiger partial charge in [-0.05, 0) is 19.3 Å². The Labute approximate surface area is 87.8 Å². The first-order chi connectivity index (χ1) is 6.77. The fraction of sp³-hybridized carbons (Fsp3) is 0.600. The normalized spacial score (nSPS) is 17.1. The van der Waals surface area contributed by atoms with Crippen LogP contribution in [0.25, 0.3) is 0 Å². The Morgan fingerprint density at radius 1 is 1.43 bits per heavy atom. The van der Waals surface area contributed by atoms with Crippen LogP contribution in [0, 0.1) is 0 Å². The maximum atomic E-state index is 11.1. The number of Topliss-reactive ketones (excluding diaryl/α,β-unsaturated/α-hetero) is 1. The molecule has 1 saturated heterocycles. The zero-order chi connectivity index (χ0) is 9.97. The predicted molar refractivity (Wildman–Crippen MR) is 58.2 cm³/mol. The molecule has 1 aromatic rings. The Bertz CT molecular complexity index is 329. The zero-order valence-electron chi connectivity index (χ0n) is 8.32. The molecule has 1 aliphatic heterocycles. The summed E-state index contributed by atoms with van der Waals surface area (Å²) in [6.07, 6.45) is 3.81. The van der Waals surface area contributed by atoms with Crippen LogP contribution in [-0.2, 0) is 0 Å². The molecule has 76 valence electrons. The van der Waals surface area contributed by atoms with Gasteiger partial charge in [-0.2, -0.15) is 0 Å². The number of ketones is 1. The maximum Gasteiger partial charge on any atom is 0.185 e. The highest BCUT2D eigenvalue weighted by Crippen LogP contribution is 2.23. The molecule has 0 saturated carbocycles. The average Bonchev–Trinajstić information content (AvgIpc) is 2.68. The van der Waals surface area contributed by atoms with E-state index >= 15 is 0 Å². The number of hydrogen-bond acceptors (Lipinski definition) is 4. The minimum absolute atomic E-state index is 0.0597. The molecule has 0 spiro atoms. The van der Waals surface area contributed by atoms with Gasteiger partial charge in [-0.3, -0.25) is 4.79 Å². The summed E-state index contributed by atoms with van der Waals surface area (Å²) in [6, 6.07) is 0. The van der Waals surface area contributed by atoms with Gasteiger partial charge in [0.1, 0.15) is 5.69 Å². The van der Waals surface area contributed by atoms with E-state index in [9.17, 15) is 4.79 Å². The molecule has 0 radical (unpaired) electrons. The lowest BCUT2D eigenvalue weighted by Gasteiger charge is -2.25. The van der Waals surface area contributed by atoms with E-state index < -0.39 is 0 Å². The molecule has 0 N–H and O–H groups in total. The Hall–Kier alpha value is -0.900. The summed E-state index contributed by atoms with van der Waals surface area (Å²) in [4.78, 5) is 17.7. The zero-order valence-corrected chi connectivity index (χ0v) is 9.14. The van der Waals surface area contributed by atoms with Gasteiger partial charge in [-0.1, -0.05) is 0 Å². The number of carbonyl (C=O) groups excluding carboxylic acids is 1. The molecule has 0 aromatic carbocycles. The number of nitrogens with zero attached hydrogens (tertiary/aromatic N) is 2. The molecule has 0 atom stereocenters. The number of piperidine rings is 1. The average molecular weight is 210 g/mol. The van der Waals surface area contributed by atoms with E-state index in [0.717, 1.165) is 18.2 Å². The summed E-state index contributed by atoms with van der Waals surface area (Å²) in [7, 11) is 0. The van der Waals surface area contributed by atoms with Gasteiger partial charge in [0, 0.05) is 25.4 Å². The van der Waals surface area contributed by atoms with Crippen molar-refractivity contribution < 1.29 is 4.79 Å². The van der Waals surface area contributed by atoms with E-state index in [2.05, 4.69) is 9.88 Å². The van der Waals surface area contributed by atoms with Crippen LogP contribution in [0.4, 0.5) is 5.13 Å². The van der Waals surface area contributed by atoms with Crippen LogP contribution >= 0.6 is 11.3 Å². The molecule has 1 aliphatic rings. The monoisotopic (exact) mass is 210 g/mol. The van der Waals surface area contributed by atoms with Gasteiger partial charge in [0.15, 0.2) is 10.9 Å². The predicted octanol–water partition coefficient (Wildman–Crippen LogP) is 2.34. The second kappa shape index (κ2) is 4.09. The van der Waals surface area contributed by atoms with Gasteiger partial charge >= 0.3 is 0 Å². The molecule has 4 heteroatoms. The summed E-state index contributed by atoms with van der Waals surface area (Å²) in [6.45, 7) is 3.74. The van der Waals surface area contributed by atoms with Crippen molar-refractivity contribution in [3.63, 3.8) is 0 Å². The largest absolute Gasteiger partial charge is 0.348 e. The lowest BCUT2D eigenvalue weighted by Crippen LogP contribution is -2.29. The molecular weight excluding hydrogens is 196 g/mol. The minimum Gasteiger partial charge on any atom is -0.348 e. The molecule has 0 unspecified atom stereocenters. The van der Waals surface area contributed by atoms with Gasteiger partial charge in [0.05, 0.1) is 0 Å². The maximum absolute atomic E-state index is 11.1. The van der Waals surface area contributed by atoms with E-state index in [0.29, 0.717) is 5.69 Å². The van der Waals surface area contributed by atoms with Crippen molar-refractivity contribution in [3.8, 4) is 0 Å². The Morgan fingerprint density at radius 3 is 2.71 bits per heavy atom. The van der Waals surface area contributed by atoms with Crippen LogP contribution in [0.2, 0.25) is 0 Å². The molecule has 0 amide bonds. The number of aromatic nitrogens is 1. The first-order valence-corrected chi connectivity index (χ1v) is 5.87. The van der Waals surface area contributed by atoms with E-state index in [1.807, 2.05) is 5.38 Å². The molecule has 1 fully saturated rings. The summed E-state index contributed by atoms with van der Waals surface area (Å²) >= 11 is 1.58. The van der Waals surface area contributed by atoms with Gasteiger partial charge in [0.25, 0.3) is 0 Å². The SMILES string of the molecule is CC(=O)c1csc(N2CCCCC2)n1. The van der Waals surface area contributed by atoms with Gasteiger partial charge < -0.3 is 4.90 Å². The standard InChI is InChI=1S/C10H14N2OS/c1-8(13)9-7-14-10(11-9)12-5-3-2-4-6-12/h7H,2-6H2,1H3. The number of carbonyl (C=O) groups is 1. The Kier molecular flexibility index (Phi) is 2.82. The van der Waals surface area contributed by atoms with Crippen molar-refractivity contribution in [1.82, 2.24) is 4.98 Å². The first-order valence-electron chi connectivity index (χ1n) is 4.99. The fourth-order valence-electron chi connectivity index (χ4n) is 1.66. The molecule has 0 bridgehead atoms. The third-order valence-electron chi connectivity index (χ3n) is 2.48. The summed E-state index contributed by atoms with van der Waals surface area (Å²) in [5, 5.41) is 2.86. The van der Waals surface area contributed by atoms with Gasteiger partial charge in [0.2, 0.25) is 0 Å². The van der Waals surface area contributed by atoms with E-state index in [4.69, 9.17) is 0 Å². The van der Waals surface area contributed by atoms with Crippen molar-refractivity contribution in [2.75, 3.05) is 18.0 Å². The van der Waals surface area contributed by atoms with Crippen molar-refractivity contribution in [2.24, 2.45) is 0 Å². The topological polar surface area (TPSA) is 33.2 Å². The summed E-state index contributed by atoms with van der Waals surface area (Å²) < 4.78 is 0. The summed E-state index contributed by atoms with van der Waals surface area (Å²) in [5.74, 6) is 0.0597. The van der Waals surface area contributed by atoms with Crippen LogP contribution in [0.15, 0.2) is 5.38 Å². The van der Waals surface area contributed by atoms with E-state index in [1.54, 1.807) is 18.3 Å². The first kappa shape index (κ1) is 9.65. The highest BCUT2D eigenvalue weighted by Gasteiger charge is 2.15. The lowest BCUT2D eigenvalue weighted by molar-refractivity contribution is 0.101. The lowest BCUT2D eigenvalue weighted by atomic mass is 10.1. The van der Waals surface area contributed by atoms with Crippen molar-refractivity contribution in [2.45, 2.75) is 26.2 Å². The van der Waals surface area contributed by atoms with Gasteiger partial charge in [-0.25, -0.2) is 4.98 Å². The highest BCUT2D eigenvalue weighted by atomic mass is 32.1. The Balaban J connectivity index is 2.11. The molecule has 2 heterocycles.